The fourth-order valence-electron chi connectivity index (χ4n) is 7.35. The van der Waals surface area contributed by atoms with Crippen LogP contribution in [0.1, 0.15) is 204 Å². The minimum Gasteiger partial charge on any atom is -0.435 e. The summed E-state index contributed by atoms with van der Waals surface area (Å²) < 4.78 is 12.4. The lowest BCUT2D eigenvalue weighted by atomic mass is 9.89. The average molecular weight is 800 g/mol. The Kier molecular flexibility index (Phi) is 28.0. The lowest BCUT2D eigenvalue weighted by molar-refractivity contribution is 0.495. The lowest BCUT2D eigenvalue weighted by Gasteiger charge is -2.23. The number of benzene rings is 2. The highest BCUT2D eigenvalue weighted by Crippen LogP contribution is 2.51. The van der Waals surface area contributed by atoms with Crippen molar-refractivity contribution >= 4 is 37.9 Å². The number of unbranched alkanes of at least 4 members (excludes halogenated alkanes) is 20. The molecule has 0 aromatic heterocycles. The Bertz CT molecular complexity index is 1100. The van der Waals surface area contributed by atoms with E-state index < -0.39 is 15.5 Å². The van der Waals surface area contributed by atoms with Crippen molar-refractivity contribution in [1.82, 2.24) is 0 Å². The normalized spacial score (nSPS) is 12.7. The van der Waals surface area contributed by atoms with Crippen LogP contribution in [0.15, 0.2) is 24.3 Å². The van der Waals surface area contributed by atoms with Crippen LogP contribution < -0.4 is 9.05 Å². The Balaban J connectivity index is 2.65. The van der Waals surface area contributed by atoms with Crippen molar-refractivity contribution in [2.24, 2.45) is 0 Å². The Hall–Kier alpha value is -0.600. The van der Waals surface area contributed by atoms with Crippen molar-refractivity contribution in [2.45, 2.75) is 207 Å². The molecule has 4 nitrogen and oxygen atoms in total. The molecule has 2 N–H and O–H groups in total. The molecule has 2 aromatic rings. The van der Waals surface area contributed by atoms with Crippen molar-refractivity contribution in [2.75, 3.05) is 0 Å². The van der Waals surface area contributed by atoms with Gasteiger partial charge in [-0.05, 0) is 108 Å². The first kappa shape index (κ1) is 47.6. The number of rotatable bonds is 33. The van der Waals surface area contributed by atoms with Gasteiger partial charge >= 0.3 is 15.5 Å². The van der Waals surface area contributed by atoms with Gasteiger partial charge in [0.1, 0.15) is 11.5 Å². The highest BCUT2D eigenvalue weighted by molar-refractivity contribution is 7.75. The molecule has 52 heavy (non-hydrogen) atoms. The molecule has 0 aliphatic carbocycles. The monoisotopic (exact) mass is 798 g/mol. The number of hydrogen-bond acceptors (Lipinski definition) is 4. The van der Waals surface area contributed by atoms with Gasteiger partial charge in [-0.15, -0.1) is 0 Å². The summed E-state index contributed by atoms with van der Waals surface area (Å²) in [6, 6.07) is 9.07. The molecule has 8 heteroatoms. The smallest absolute Gasteiger partial charge is 0.335 e. The van der Waals surface area contributed by atoms with Gasteiger partial charge < -0.3 is 18.8 Å². The highest BCUT2D eigenvalue weighted by atomic mass is 35.7. The van der Waals surface area contributed by atoms with Gasteiger partial charge in [-0.2, -0.15) is 0 Å². The molecule has 2 rings (SSSR count). The fraction of sp³-hybridized carbons (Fsp3) is 0.727. The molecule has 0 radical (unpaired) electrons. The Morgan fingerprint density at radius 1 is 0.404 bits per heavy atom. The molecule has 0 fully saturated rings. The summed E-state index contributed by atoms with van der Waals surface area (Å²) in [5.74, 6) is 1.29. The van der Waals surface area contributed by atoms with Crippen molar-refractivity contribution in [1.29, 1.82) is 0 Å². The molecule has 0 spiro atoms. The fourth-order valence-corrected chi connectivity index (χ4v) is 8.49. The molecule has 0 heterocycles. The maximum Gasteiger partial charge on any atom is 0.335 e. The molecule has 0 amide bonds. The third-order valence-corrected chi connectivity index (χ3v) is 11.4. The van der Waals surface area contributed by atoms with Crippen molar-refractivity contribution < 1.29 is 18.8 Å². The second-order valence-electron chi connectivity index (χ2n) is 15.0. The number of hydrogen-bond donors (Lipinski definition) is 2. The zero-order chi connectivity index (χ0) is 37.8. The van der Waals surface area contributed by atoms with Crippen LogP contribution in [0.25, 0.3) is 11.1 Å². The van der Waals surface area contributed by atoms with Gasteiger partial charge in [-0.25, -0.2) is 0 Å². The van der Waals surface area contributed by atoms with Crippen LogP contribution in [0.2, 0.25) is 0 Å². The average Bonchev–Trinajstić information content (AvgIpc) is 3.12. The van der Waals surface area contributed by atoms with E-state index in [0.717, 1.165) is 86.5 Å². The summed E-state index contributed by atoms with van der Waals surface area (Å²) >= 11 is 12.6. The molecule has 0 aliphatic heterocycles. The van der Waals surface area contributed by atoms with Gasteiger partial charge in [0.15, 0.2) is 0 Å². The second kappa shape index (κ2) is 30.6. The van der Waals surface area contributed by atoms with Gasteiger partial charge in [0.05, 0.1) is 0 Å². The van der Waals surface area contributed by atoms with Crippen molar-refractivity contribution in [3.05, 3.63) is 46.5 Å². The molecule has 2 aromatic carbocycles. The van der Waals surface area contributed by atoms with E-state index in [0.29, 0.717) is 11.5 Å². The standard InChI is InChI=1S/C44H74Cl2O4P2/c1-5-9-13-17-21-25-29-37-33-39(31-27-23-19-15-11-7-3)43(49-51(45)47)41(35-37)42-36-38(30-26-22-18-14-10-6-2)34-40(44(42)50-52(46)48)32-28-24-20-16-12-8-4/h33-36,47-48H,5-32H2,1-4H3. The lowest BCUT2D eigenvalue weighted by Crippen LogP contribution is -2.03. The first-order valence-electron chi connectivity index (χ1n) is 21.3. The molecule has 0 bridgehead atoms. The van der Waals surface area contributed by atoms with Crippen LogP contribution >= 0.6 is 37.9 Å². The van der Waals surface area contributed by atoms with Crippen molar-refractivity contribution in [3.63, 3.8) is 0 Å². The predicted molar refractivity (Wildman–Crippen MR) is 231 cm³/mol. The summed E-state index contributed by atoms with van der Waals surface area (Å²) in [5.41, 5.74) is 6.53. The Morgan fingerprint density at radius 3 is 0.962 bits per heavy atom. The molecule has 0 saturated heterocycles. The molecule has 2 atom stereocenters. The van der Waals surface area contributed by atoms with E-state index in [1.807, 2.05) is 0 Å². The predicted octanol–water partition coefficient (Wildman–Crippen LogP) is 16.6. The first-order chi connectivity index (χ1) is 25.3. The van der Waals surface area contributed by atoms with Crippen LogP contribution in [-0.2, 0) is 25.7 Å². The SMILES string of the molecule is CCCCCCCCc1cc(CCCCCCCC)c(OP(O)Cl)c(-c2cc(CCCCCCCC)cc(CCCCCCCC)c2OP(O)Cl)c1. The van der Waals surface area contributed by atoms with Crippen LogP contribution in [0.5, 0.6) is 11.5 Å². The van der Waals surface area contributed by atoms with Gasteiger partial charge in [0.25, 0.3) is 0 Å². The van der Waals surface area contributed by atoms with Gasteiger partial charge in [0.2, 0.25) is 0 Å². The van der Waals surface area contributed by atoms with Crippen molar-refractivity contribution in [3.8, 4) is 22.6 Å². The van der Waals surface area contributed by atoms with E-state index in [1.165, 1.54) is 127 Å². The summed E-state index contributed by atoms with van der Waals surface area (Å²) in [6.45, 7) is 9.03. The summed E-state index contributed by atoms with van der Waals surface area (Å²) in [6.07, 6.45) is 33.1. The molecule has 0 saturated carbocycles. The van der Waals surface area contributed by atoms with Crippen LogP contribution in [0.4, 0.5) is 0 Å². The minimum atomic E-state index is -2.17. The molecule has 298 valence electrons. The van der Waals surface area contributed by atoms with E-state index in [2.05, 4.69) is 52.0 Å². The van der Waals surface area contributed by atoms with E-state index in [-0.39, 0.29) is 0 Å². The van der Waals surface area contributed by atoms with Crippen LogP contribution in [-0.4, -0.2) is 9.79 Å². The Labute approximate surface area is 332 Å². The Morgan fingerprint density at radius 2 is 0.673 bits per heavy atom. The minimum absolute atomic E-state index is 0.646. The topological polar surface area (TPSA) is 58.9 Å². The number of aryl methyl sites for hydroxylation is 4. The highest BCUT2D eigenvalue weighted by Gasteiger charge is 2.24. The van der Waals surface area contributed by atoms with Gasteiger partial charge in [0, 0.05) is 11.1 Å². The maximum absolute atomic E-state index is 10.5. The third kappa shape index (κ3) is 20.4. The summed E-state index contributed by atoms with van der Waals surface area (Å²) in [7, 11) is -4.34. The maximum atomic E-state index is 10.5. The zero-order valence-corrected chi connectivity index (χ0v) is 36.8. The van der Waals surface area contributed by atoms with Crippen LogP contribution in [0, 0.1) is 0 Å². The third-order valence-electron chi connectivity index (χ3n) is 10.3. The molecular formula is C44H74Cl2O4P2. The molecular weight excluding hydrogens is 725 g/mol. The first-order valence-corrected chi connectivity index (χ1v) is 25.5. The molecule has 2 unspecified atom stereocenters. The number of halogens is 2. The zero-order valence-electron chi connectivity index (χ0n) is 33.5. The van der Waals surface area contributed by atoms with Crippen LogP contribution in [0.3, 0.4) is 0 Å². The van der Waals surface area contributed by atoms with E-state index >= 15 is 0 Å². The van der Waals surface area contributed by atoms with E-state index in [9.17, 15) is 9.79 Å². The summed E-state index contributed by atoms with van der Waals surface area (Å²) in [5, 5.41) is 0. The van der Waals surface area contributed by atoms with Gasteiger partial charge in [-0.3, -0.25) is 0 Å². The summed E-state index contributed by atoms with van der Waals surface area (Å²) in [4.78, 5) is 21.1. The quantitative estimate of drug-likeness (QED) is 0.0558. The van der Waals surface area contributed by atoms with Gasteiger partial charge in [-0.1, -0.05) is 168 Å². The second-order valence-corrected chi connectivity index (χ2v) is 18.0. The van der Waals surface area contributed by atoms with E-state index in [4.69, 9.17) is 31.5 Å². The molecule has 0 aliphatic rings. The largest absolute Gasteiger partial charge is 0.435 e. The van der Waals surface area contributed by atoms with E-state index in [1.54, 1.807) is 0 Å².